The summed E-state index contributed by atoms with van der Waals surface area (Å²) in [6, 6.07) is 16.0. The van der Waals surface area contributed by atoms with Crippen LogP contribution in [0.25, 0.3) is 22.2 Å². The first-order valence-electron chi connectivity index (χ1n) is 5.28. The molecule has 3 aromatic rings. The van der Waals surface area contributed by atoms with Crippen molar-refractivity contribution < 1.29 is 0 Å². The van der Waals surface area contributed by atoms with E-state index in [1.807, 2.05) is 36.4 Å². The van der Waals surface area contributed by atoms with Gasteiger partial charge in [-0.15, -0.1) is 10.2 Å². The fraction of sp³-hybridized carbons (Fsp3) is 0. The third-order valence-electron chi connectivity index (χ3n) is 2.58. The molecule has 0 aliphatic rings. The number of anilines is 1. The number of nitrogen functional groups attached to an aromatic ring is 1. The Labute approximate surface area is 98.1 Å². The molecule has 0 bridgehead atoms. The van der Waals surface area contributed by atoms with Gasteiger partial charge in [-0.3, -0.25) is 0 Å². The van der Waals surface area contributed by atoms with Gasteiger partial charge in [-0.1, -0.05) is 36.4 Å². The van der Waals surface area contributed by atoms with Crippen LogP contribution in [-0.4, -0.2) is 15.2 Å². The van der Waals surface area contributed by atoms with Crippen molar-refractivity contribution in [3.63, 3.8) is 0 Å². The monoisotopic (exact) mass is 222 g/mol. The second kappa shape index (κ2) is 3.83. The molecule has 0 radical (unpaired) electrons. The molecule has 0 aliphatic heterocycles. The minimum Gasteiger partial charge on any atom is -0.366 e. The van der Waals surface area contributed by atoms with Crippen LogP contribution >= 0.6 is 0 Å². The summed E-state index contributed by atoms with van der Waals surface area (Å²) in [6.45, 7) is 0. The van der Waals surface area contributed by atoms with E-state index in [1.165, 1.54) is 0 Å². The molecule has 0 fully saturated rings. The number of aromatic nitrogens is 3. The molecule has 0 amide bonds. The lowest BCUT2D eigenvalue weighted by Gasteiger charge is -2.02. The predicted molar refractivity (Wildman–Crippen MR) is 67.2 cm³/mol. The summed E-state index contributed by atoms with van der Waals surface area (Å²) in [5, 5.41) is 7.79. The normalized spacial score (nSPS) is 10.6. The fourth-order valence-electron chi connectivity index (χ4n) is 1.76. The number of benzene rings is 2. The van der Waals surface area contributed by atoms with Crippen LogP contribution in [0.2, 0.25) is 0 Å². The molecule has 0 saturated carbocycles. The average Bonchev–Trinajstić information content (AvgIpc) is 2.39. The van der Waals surface area contributed by atoms with Gasteiger partial charge in [-0.25, -0.2) is 4.98 Å². The number of fused-ring (bicyclic) bond motifs is 1. The van der Waals surface area contributed by atoms with Crippen LogP contribution in [0.15, 0.2) is 48.5 Å². The van der Waals surface area contributed by atoms with Crippen LogP contribution in [0.5, 0.6) is 0 Å². The van der Waals surface area contributed by atoms with Gasteiger partial charge in [0.05, 0.1) is 5.52 Å². The van der Waals surface area contributed by atoms with E-state index in [0.717, 1.165) is 22.2 Å². The van der Waals surface area contributed by atoms with Crippen LogP contribution in [0.3, 0.4) is 0 Å². The smallest absolute Gasteiger partial charge is 0.240 e. The van der Waals surface area contributed by atoms with Gasteiger partial charge in [-0.05, 0) is 23.3 Å². The molecule has 4 nitrogen and oxygen atoms in total. The van der Waals surface area contributed by atoms with E-state index in [0.29, 0.717) is 0 Å². The van der Waals surface area contributed by atoms with Crippen LogP contribution in [0.4, 0.5) is 5.95 Å². The van der Waals surface area contributed by atoms with E-state index >= 15 is 0 Å². The van der Waals surface area contributed by atoms with Gasteiger partial charge < -0.3 is 5.73 Å². The van der Waals surface area contributed by atoms with Crippen LogP contribution in [0, 0.1) is 0 Å². The Hall–Kier alpha value is -2.49. The van der Waals surface area contributed by atoms with Crippen molar-refractivity contribution in [3.05, 3.63) is 48.5 Å². The number of nitrogens with zero attached hydrogens (tertiary/aromatic N) is 3. The second-order valence-electron chi connectivity index (χ2n) is 3.74. The summed E-state index contributed by atoms with van der Waals surface area (Å²) < 4.78 is 0. The first-order chi connectivity index (χ1) is 8.33. The summed E-state index contributed by atoms with van der Waals surface area (Å²) >= 11 is 0. The van der Waals surface area contributed by atoms with Crippen LogP contribution in [0.1, 0.15) is 0 Å². The molecule has 0 saturated heterocycles. The molecule has 1 heterocycles. The Bertz CT molecular complexity index is 665. The Morgan fingerprint density at radius 2 is 1.59 bits per heavy atom. The Morgan fingerprint density at radius 1 is 0.765 bits per heavy atom. The SMILES string of the molecule is Nc1nnc2cc(-c3ccccc3)ccc2n1. The molecular weight excluding hydrogens is 212 g/mol. The van der Waals surface area contributed by atoms with Crippen molar-refractivity contribution in [2.75, 3.05) is 5.73 Å². The van der Waals surface area contributed by atoms with Crippen molar-refractivity contribution in [3.8, 4) is 11.1 Å². The third kappa shape index (κ3) is 1.80. The summed E-state index contributed by atoms with van der Waals surface area (Å²) in [6.07, 6.45) is 0. The molecule has 2 N–H and O–H groups in total. The first kappa shape index (κ1) is 9.72. The van der Waals surface area contributed by atoms with Crippen molar-refractivity contribution in [2.45, 2.75) is 0 Å². The Kier molecular flexibility index (Phi) is 2.19. The number of rotatable bonds is 1. The first-order valence-corrected chi connectivity index (χ1v) is 5.28. The largest absolute Gasteiger partial charge is 0.366 e. The molecule has 0 aliphatic carbocycles. The third-order valence-corrected chi connectivity index (χ3v) is 2.58. The minimum absolute atomic E-state index is 0.199. The van der Waals surface area contributed by atoms with E-state index < -0.39 is 0 Å². The quantitative estimate of drug-likeness (QED) is 0.686. The Morgan fingerprint density at radius 3 is 2.41 bits per heavy atom. The highest BCUT2D eigenvalue weighted by Crippen LogP contribution is 2.22. The van der Waals surface area contributed by atoms with Crippen molar-refractivity contribution in [1.82, 2.24) is 15.2 Å². The van der Waals surface area contributed by atoms with Gasteiger partial charge in [0.1, 0.15) is 5.52 Å². The Balaban J connectivity index is 2.17. The van der Waals surface area contributed by atoms with Crippen LogP contribution < -0.4 is 5.73 Å². The lowest BCUT2D eigenvalue weighted by Crippen LogP contribution is -1.97. The lowest BCUT2D eigenvalue weighted by molar-refractivity contribution is 1.04. The lowest BCUT2D eigenvalue weighted by atomic mass is 10.1. The average molecular weight is 222 g/mol. The van der Waals surface area contributed by atoms with Crippen molar-refractivity contribution in [2.24, 2.45) is 0 Å². The molecular formula is C13H10N4. The van der Waals surface area contributed by atoms with Gasteiger partial charge in [-0.2, -0.15) is 0 Å². The van der Waals surface area contributed by atoms with Gasteiger partial charge in [0.15, 0.2) is 0 Å². The van der Waals surface area contributed by atoms with E-state index in [1.54, 1.807) is 0 Å². The highest BCUT2D eigenvalue weighted by Gasteiger charge is 2.02. The van der Waals surface area contributed by atoms with Crippen LogP contribution in [-0.2, 0) is 0 Å². The van der Waals surface area contributed by atoms with E-state index in [4.69, 9.17) is 5.73 Å². The van der Waals surface area contributed by atoms with Gasteiger partial charge >= 0.3 is 0 Å². The standard InChI is InChI=1S/C13H10N4/c14-13-15-11-7-6-10(8-12(11)16-17-13)9-4-2-1-3-5-9/h1-8H,(H2,14,15,17). The predicted octanol–water partition coefficient (Wildman–Crippen LogP) is 2.27. The van der Waals surface area contributed by atoms with Gasteiger partial charge in [0, 0.05) is 0 Å². The molecule has 82 valence electrons. The molecule has 0 spiro atoms. The zero-order valence-electron chi connectivity index (χ0n) is 9.04. The maximum atomic E-state index is 5.49. The molecule has 0 atom stereocenters. The zero-order valence-corrected chi connectivity index (χ0v) is 9.04. The highest BCUT2D eigenvalue weighted by molar-refractivity contribution is 5.81. The van der Waals surface area contributed by atoms with Gasteiger partial charge in [0.2, 0.25) is 5.95 Å². The molecule has 3 rings (SSSR count). The number of nitrogens with two attached hydrogens (primary N) is 1. The summed E-state index contributed by atoms with van der Waals surface area (Å²) in [4.78, 5) is 4.11. The number of hydrogen-bond donors (Lipinski definition) is 1. The van der Waals surface area contributed by atoms with E-state index in [2.05, 4.69) is 27.3 Å². The minimum atomic E-state index is 0.199. The second-order valence-corrected chi connectivity index (χ2v) is 3.74. The number of hydrogen-bond acceptors (Lipinski definition) is 4. The summed E-state index contributed by atoms with van der Waals surface area (Å²) in [5.74, 6) is 0.199. The fourth-order valence-corrected chi connectivity index (χ4v) is 1.76. The van der Waals surface area contributed by atoms with E-state index in [-0.39, 0.29) is 5.95 Å². The molecule has 17 heavy (non-hydrogen) atoms. The van der Waals surface area contributed by atoms with Gasteiger partial charge in [0.25, 0.3) is 0 Å². The highest BCUT2D eigenvalue weighted by atomic mass is 15.2. The topological polar surface area (TPSA) is 64.7 Å². The molecule has 0 unspecified atom stereocenters. The molecule has 1 aromatic heterocycles. The van der Waals surface area contributed by atoms with E-state index in [9.17, 15) is 0 Å². The molecule has 2 aromatic carbocycles. The maximum absolute atomic E-state index is 5.49. The van der Waals surface area contributed by atoms with Crippen molar-refractivity contribution in [1.29, 1.82) is 0 Å². The molecule has 4 heteroatoms. The zero-order chi connectivity index (χ0) is 11.7. The summed E-state index contributed by atoms with van der Waals surface area (Å²) in [7, 11) is 0. The summed E-state index contributed by atoms with van der Waals surface area (Å²) in [5.41, 5.74) is 9.24. The maximum Gasteiger partial charge on any atom is 0.240 e. The van der Waals surface area contributed by atoms with Crippen molar-refractivity contribution >= 4 is 17.0 Å².